The van der Waals surface area contributed by atoms with Crippen molar-refractivity contribution in [2.24, 2.45) is 5.73 Å². The van der Waals surface area contributed by atoms with Gasteiger partial charge in [-0.15, -0.1) is 0 Å². The highest BCUT2D eigenvalue weighted by Crippen LogP contribution is 2.38. The molecule has 0 saturated carbocycles. The summed E-state index contributed by atoms with van der Waals surface area (Å²) in [5.41, 5.74) is 8.04. The van der Waals surface area contributed by atoms with E-state index in [2.05, 4.69) is 0 Å². The van der Waals surface area contributed by atoms with Gasteiger partial charge in [-0.1, -0.05) is 23.2 Å². The Hall–Kier alpha value is -0.990. The predicted octanol–water partition coefficient (Wildman–Crippen LogP) is 2.81. The molecule has 0 heterocycles. The minimum atomic E-state index is -0.436. The fraction of sp³-hybridized carbons (Fsp3) is 0.182. The van der Waals surface area contributed by atoms with Gasteiger partial charge in [0.15, 0.2) is 0 Å². The first-order valence-corrected chi connectivity index (χ1v) is 5.32. The molecule has 15 heavy (non-hydrogen) atoms. The highest BCUT2D eigenvalue weighted by atomic mass is 35.5. The van der Waals surface area contributed by atoms with Crippen molar-refractivity contribution < 1.29 is 4.79 Å². The molecule has 0 aliphatic heterocycles. The number of primary amides is 1. The number of amides is 1. The van der Waals surface area contributed by atoms with E-state index in [0.29, 0.717) is 10.0 Å². The van der Waals surface area contributed by atoms with Crippen LogP contribution in [0.1, 0.15) is 17.5 Å². The van der Waals surface area contributed by atoms with Crippen molar-refractivity contribution in [2.45, 2.75) is 12.8 Å². The van der Waals surface area contributed by atoms with Crippen LogP contribution in [0.5, 0.6) is 0 Å². The minimum absolute atomic E-state index is 0.436. The first-order chi connectivity index (χ1) is 7.08. The Morgan fingerprint density at radius 2 is 2.07 bits per heavy atom. The van der Waals surface area contributed by atoms with Crippen LogP contribution in [0.4, 0.5) is 0 Å². The van der Waals surface area contributed by atoms with Gasteiger partial charge in [-0.3, -0.25) is 4.79 Å². The predicted molar refractivity (Wildman–Crippen MR) is 62.0 cm³/mol. The van der Waals surface area contributed by atoms with Crippen molar-refractivity contribution >= 4 is 34.7 Å². The maximum absolute atomic E-state index is 10.8. The van der Waals surface area contributed by atoms with Gasteiger partial charge in [0.05, 0.1) is 0 Å². The molecule has 1 aliphatic rings. The van der Waals surface area contributed by atoms with Gasteiger partial charge < -0.3 is 5.73 Å². The van der Waals surface area contributed by atoms with Crippen LogP contribution in [0.2, 0.25) is 10.0 Å². The molecule has 2 nitrogen and oxygen atoms in total. The molecule has 0 spiro atoms. The summed E-state index contributed by atoms with van der Waals surface area (Å²) in [6.07, 6.45) is 3.07. The third-order valence-corrected chi connectivity index (χ3v) is 3.02. The highest BCUT2D eigenvalue weighted by Gasteiger charge is 2.19. The molecule has 1 aromatic rings. The van der Waals surface area contributed by atoms with Crippen molar-refractivity contribution in [1.29, 1.82) is 0 Å². The summed E-state index contributed by atoms with van der Waals surface area (Å²) < 4.78 is 0. The molecule has 1 aliphatic carbocycles. The van der Waals surface area contributed by atoms with Crippen LogP contribution in [0, 0.1) is 0 Å². The van der Waals surface area contributed by atoms with Crippen LogP contribution < -0.4 is 5.73 Å². The maximum Gasteiger partial charge on any atom is 0.241 e. The van der Waals surface area contributed by atoms with Crippen LogP contribution in [0.15, 0.2) is 18.2 Å². The van der Waals surface area contributed by atoms with Crippen molar-refractivity contribution in [1.82, 2.24) is 0 Å². The summed E-state index contributed by atoms with van der Waals surface area (Å²) in [5, 5.41) is 1.24. The number of carbonyl (C=O) groups excluding carboxylic acids is 1. The third-order valence-electron chi connectivity index (χ3n) is 2.47. The zero-order valence-corrected chi connectivity index (χ0v) is 9.40. The van der Waals surface area contributed by atoms with Gasteiger partial charge in [-0.05, 0) is 41.7 Å². The lowest BCUT2D eigenvalue weighted by molar-refractivity contribution is -0.113. The van der Waals surface area contributed by atoms with Crippen LogP contribution in [-0.2, 0) is 11.2 Å². The summed E-state index contributed by atoms with van der Waals surface area (Å²) in [6.45, 7) is 0. The maximum atomic E-state index is 10.8. The van der Waals surface area contributed by atoms with Crippen molar-refractivity contribution in [3.8, 4) is 0 Å². The van der Waals surface area contributed by atoms with Gasteiger partial charge in [0.25, 0.3) is 0 Å². The molecule has 0 bridgehead atoms. The van der Waals surface area contributed by atoms with E-state index < -0.39 is 5.91 Å². The molecule has 0 aromatic heterocycles. The standard InChI is InChI=1S/C11H9Cl2NO/c12-7-4-9-6(3-11(14)15)1-2-8(9)10(13)5-7/h3-5H,1-2H2,(H2,14,15)/b6-3+. The molecule has 78 valence electrons. The fourth-order valence-corrected chi connectivity index (χ4v) is 2.45. The first kappa shape index (κ1) is 10.5. The lowest BCUT2D eigenvalue weighted by atomic mass is 10.1. The number of rotatable bonds is 1. The summed E-state index contributed by atoms with van der Waals surface area (Å²) in [7, 11) is 0. The quantitative estimate of drug-likeness (QED) is 0.756. The Bertz CT molecular complexity index is 466. The Kier molecular flexibility index (Phi) is 2.72. The number of hydrogen-bond acceptors (Lipinski definition) is 1. The van der Waals surface area contributed by atoms with E-state index in [1.807, 2.05) is 6.07 Å². The molecule has 2 rings (SSSR count). The minimum Gasteiger partial charge on any atom is -0.366 e. The monoisotopic (exact) mass is 241 g/mol. The second-order valence-electron chi connectivity index (χ2n) is 3.49. The number of benzene rings is 1. The van der Waals surface area contributed by atoms with Gasteiger partial charge >= 0.3 is 0 Å². The molecule has 1 amide bonds. The summed E-state index contributed by atoms with van der Waals surface area (Å²) in [5.74, 6) is -0.436. The molecule has 4 heteroatoms. The van der Waals surface area contributed by atoms with Crippen molar-refractivity contribution in [3.63, 3.8) is 0 Å². The van der Waals surface area contributed by atoms with E-state index in [-0.39, 0.29) is 0 Å². The Morgan fingerprint density at radius 1 is 1.33 bits per heavy atom. The summed E-state index contributed by atoms with van der Waals surface area (Å²) in [6, 6.07) is 3.54. The number of halogens is 2. The molecule has 0 atom stereocenters. The van der Waals surface area contributed by atoms with Gasteiger partial charge in [-0.2, -0.15) is 0 Å². The van der Waals surface area contributed by atoms with Gasteiger partial charge in [-0.25, -0.2) is 0 Å². The molecule has 0 saturated heterocycles. The number of nitrogens with two attached hydrogens (primary N) is 1. The van der Waals surface area contributed by atoms with E-state index in [4.69, 9.17) is 28.9 Å². The Balaban J connectivity index is 2.55. The number of hydrogen-bond donors (Lipinski definition) is 1. The molecule has 2 N–H and O–H groups in total. The molecule has 0 unspecified atom stereocenters. The second kappa shape index (κ2) is 3.87. The van der Waals surface area contributed by atoms with Crippen molar-refractivity contribution in [2.75, 3.05) is 0 Å². The van der Waals surface area contributed by atoms with Crippen LogP contribution in [-0.4, -0.2) is 5.91 Å². The molecular weight excluding hydrogens is 233 g/mol. The lowest BCUT2D eigenvalue weighted by Gasteiger charge is -2.03. The van der Waals surface area contributed by atoms with E-state index in [9.17, 15) is 4.79 Å². The van der Waals surface area contributed by atoms with Crippen molar-refractivity contribution in [3.05, 3.63) is 39.4 Å². The van der Waals surface area contributed by atoms with E-state index >= 15 is 0 Å². The van der Waals surface area contributed by atoms with Gasteiger partial charge in [0, 0.05) is 16.1 Å². The van der Waals surface area contributed by atoms with E-state index in [1.54, 1.807) is 6.07 Å². The lowest BCUT2D eigenvalue weighted by Crippen LogP contribution is -2.06. The summed E-state index contributed by atoms with van der Waals surface area (Å²) in [4.78, 5) is 10.8. The molecule has 1 aromatic carbocycles. The number of fused-ring (bicyclic) bond motifs is 1. The molecule has 0 fully saturated rings. The Morgan fingerprint density at radius 3 is 2.73 bits per heavy atom. The SMILES string of the molecule is NC(=O)/C=C1\CCc2c(Cl)cc(Cl)cc21. The first-order valence-electron chi connectivity index (χ1n) is 4.56. The van der Waals surface area contributed by atoms with Gasteiger partial charge in [0.1, 0.15) is 0 Å². The largest absolute Gasteiger partial charge is 0.366 e. The Labute approximate surface area is 97.7 Å². The highest BCUT2D eigenvalue weighted by molar-refractivity contribution is 6.35. The molecular formula is C11H9Cl2NO. The number of allylic oxidation sites excluding steroid dienone is 1. The van der Waals surface area contributed by atoms with Crippen LogP contribution >= 0.6 is 23.2 Å². The second-order valence-corrected chi connectivity index (χ2v) is 4.33. The average molecular weight is 242 g/mol. The molecule has 0 radical (unpaired) electrons. The van der Waals surface area contributed by atoms with E-state index in [1.165, 1.54) is 6.08 Å². The van der Waals surface area contributed by atoms with Crippen LogP contribution in [0.3, 0.4) is 0 Å². The average Bonchev–Trinajstić information content (AvgIpc) is 2.48. The third kappa shape index (κ3) is 2.01. The number of carbonyl (C=O) groups is 1. The smallest absolute Gasteiger partial charge is 0.241 e. The van der Waals surface area contributed by atoms with Crippen LogP contribution in [0.25, 0.3) is 5.57 Å². The normalized spacial score (nSPS) is 16.8. The van der Waals surface area contributed by atoms with E-state index in [0.717, 1.165) is 29.5 Å². The van der Waals surface area contributed by atoms with Gasteiger partial charge in [0.2, 0.25) is 5.91 Å². The zero-order chi connectivity index (χ0) is 11.0. The summed E-state index contributed by atoms with van der Waals surface area (Å²) >= 11 is 12.0. The zero-order valence-electron chi connectivity index (χ0n) is 7.89. The fourth-order valence-electron chi connectivity index (χ4n) is 1.86. The topological polar surface area (TPSA) is 43.1 Å².